The Morgan fingerprint density at radius 3 is 1.95 bits per heavy atom. The summed E-state index contributed by atoms with van der Waals surface area (Å²) in [6.45, 7) is 9.75. The predicted molar refractivity (Wildman–Crippen MR) is 219 cm³/mol. The first-order valence-electron chi connectivity index (χ1n) is 16.8. The number of nitrogen functional groups attached to an aromatic ring is 1. The third-order valence-corrected chi connectivity index (χ3v) is 8.82. The molecule has 2 aliphatic rings. The molecule has 0 amide bonds. The summed E-state index contributed by atoms with van der Waals surface area (Å²) in [5.41, 5.74) is 8.13. The van der Waals surface area contributed by atoms with Crippen molar-refractivity contribution in [2.45, 2.75) is 18.0 Å². The van der Waals surface area contributed by atoms with Crippen LogP contribution >= 0.6 is 0 Å². The SMILES string of the molecule is C1=NC2C(=CCc3c(-c4ccccc4)ccnc32)C(c2ccccc2)=C1.O=S(=O)(O)C(F)(F)F.[CH-]=O.[CH-]=O.[CH-]=O.[CH2-][n+]1cccc(C(=O)C(=O)c2ccc(N)c([N+](=O)[O-])c2)c1.[Re]. The first kappa shape index (κ1) is 52.9. The number of Topliss-reactive ketones (excluding diaryl/α,β-unsaturated/α-hetero) is 2. The molecule has 0 saturated carbocycles. The van der Waals surface area contributed by atoms with E-state index in [0.717, 1.165) is 18.2 Å². The quantitative estimate of drug-likeness (QED) is 0.0185. The summed E-state index contributed by atoms with van der Waals surface area (Å²) >= 11 is 0. The summed E-state index contributed by atoms with van der Waals surface area (Å²) in [6, 6.07) is 29.7. The Kier molecular flexibility index (Phi) is 21.2. The van der Waals surface area contributed by atoms with Gasteiger partial charge in [0.2, 0.25) is 11.6 Å². The number of fused-ring (bicyclic) bond motifs is 3. The molecule has 323 valence electrons. The molecule has 1 radical (unpaired) electrons. The Balaban J connectivity index is 0.000000480. The number of pyridine rings is 2. The van der Waals surface area contributed by atoms with Gasteiger partial charge in [0.15, 0.2) is 0 Å². The van der Waals surface area contributed by atoms with Crippen LogP contribution in [0.5, 0.6) is 0 Å². The van der Waals surface area contributed by atoms with Crippen LogP contribution in [-0.2, 0) is 51.3 Å². The maximum Gasteiger partial charge on any atom is 0.522 e. The number of nitro benzene ring substituents is 1. The number of hydrogen-bond donors (Lipinski definition) is 2. The largest absolute Gasteiger partial charge is 0.545 e. The number of benzene rings is 3. The van der Waals surface area contributed by atoms with E-state index in [1.54, 1.807) is 12.3 Å². The van der Waals surface area contributed by atoms with Gasteiger partial charge in [0.1, 0.15) is 11.7 Å². The van der Waals surface area contributed by atoms with Gasteiger partial charge in [-0.15, -0.1) is 0 Å². The number of ketones is 2. The van der Waals surface area contributed by atoms with Gasteiger partial charge >= 0.3 is 15.6 Å². The summed E-state index contributed by atoms with van der Waals surface area (Å²) in [4.78, 5) is 67.0. The third-order valence-electron chi connectivity index (χ3n) is 8.23. The van der Waals surface area contributed by atoms with Gasteiger partial charge in [-0.25, -0.2) is 0 Å². The molecule has 3 aromatic carbocycles. The molecule has 15 nitrogen and oxygen atoms in total. The number of aromatic nitrogens is 2. The first-order chi connectivity index (χ1) is 29.1. The molecule has 1 aliphatic heterocycles. The molecule has 3 N–H and O–H groups in total. The first-order valence-corrected chi connectivity index (χ1v) is 18.2. The number of nitrogens with zero attached hydrogens (tertiary/aromatic N) is 4. The van der Waals surface area contributed by atoms with E-state index in [0.29, 0.717) is 0 Å². The van der Waals surface area contributed by atoms with Crippen molar-refractivity contribution in [1.29, 1.82) is 0 Å². The van der Waals surface area contributed by atoms with E-state index in [1.165, 1.54) is 62.4 Å². The zero-order valence-electron chi connectivity index (χ0n) is 31.8. The van der Waals surface area contributed by atoms with Gasteiger partial charge < -0.3 is 24.7 Å². The van der Waals surface area contributed by atoms with Gasteiger partial charge in [0.25, 0.3) is 5.69 Å². The van der Waals surface area contributed by atoms with Gasteiger partial charge in [0, 0.05) is 57.1 Å². The Hall–Kier alpha value is -7.11. The van der Waals surface area contributed by atoms with Crippen LogP contribution in [0.2, 0.25) is 0 Å². The van der Waals surface area contributed by atoms with E-state index >= 15 is 0 Å². The van der Waals surface area contributed by atoms with E-state index in [1.807, 2.05) is 12.4 Å². The van der Waals surface area contributed by atoms with E-state index in [4.69, 9.17) is 43.1 Å². The summed E-state index contributed by atoms with van der Waals surface area (Å²) in [5, 5.41) is 10.8. The summed E-state index contributed by atoms with van der Waals surface area (Å²) in [6.07, 6.45) is 12.2. The molecule has 5 aromatic rings. The zero-order chi connectivity index (χ0) is 45.9. The van der Waals surface area contributed by atoms with Crippen LogP contribution in [0.3, 0.4) is 0 Å². The fourth-order valence-corrected chi connectivity index (χ4v) is 5.67. The number of alkyl halides is 3. The molecule has 3 heterocycles. The molecule has 0 bridgehead atoms. The Bertz CT molecular complexity index is 2540. The van der Waals surface area contributed by atoms with Gasteiger partial charge in [-0.05, 0) is 64.1 Å². The monoisotopic (exact) mass is 1040 g/mol. The summed E-state index contributed by atoms with van der Waals surface area (Å²) in [7, 11) is -2.25. The number of dihydropyridines is 1. The van der Waals surface area contributed by atoms with Crippen molar-refractivity contribution < 1.29 is 80.0 Å². The van der Waals surface area contributed by atoms with Gasteiger partial charge in [0.05, 0.1) is 23.0 Å². The van der Waals surface area contributed by atoms with Crippen LogP contribution in [0, 0.1) is 17.2 Å². The van der Waals surface area contributed by atoms with Gasteiger partial charge in [-0.3, -0.25) is 54.6 Å². The van der Waals surface area contributed by atoms with Crippen molar-refractivity contribution in [1.82, 2.24) is 4.98 Å². The number of rotatable bonds is 6. The Morgan fingerprint density at radius 2 is 1.42 bits per heavy atom. The number of nitrogens with two attached hydrogens (primary N) is 1. The van der Waals surface area contributed by atoms with Crippen LogP contribution in [0.4, 0.5) is 24.5 Å². The van der Waals surface area contributed by atoms with E-state index in [2.05, 4.69) is 106 Å². The minimum absolute atomic E-state index is 0. The molecule has 1 atom stereocenters. The summed E-state index contributed by atoms with van der Waals surface area (Å²) in [5.74, 6) is -1.61. The maximum atomic E-state index is 12.1. The second-order valence-corrected chi connectivity index (χ2v) is 13.2. The van der Waals surface area contributed by atoms with Crippen LogP contribution in [0.15, 0.2) is 138 Å². The standard InChI is InChI=1S/C24H18N2.C14H11N3O4.CHF3O3S.3CHO.Re/c1-3-7-17(8-4-1)19-13-15-25-23-21(19)11-12-22-20(14-16-26-24(22)23)18-9-5-2-6-10-18;1-16-6-2-3-10(8-16)14(19)13(18)9-4-5-11(15)12(7-9)17(20)21;2-1(3,4)8(5,6)7;3*1-2;/h1-11,13-16,23H,12H2;2-8H,1,15H2;(H,5,6,7);3*1H;/q;;;3*-1;. The van der Waals surface area contributed by atoms with E-state index in [-0.39, 0.29) is 43.3 Å². The maximum absolute atomic E-state index is 12.1. The zero-order valence-corrected chi connectivity index (χ0v) is 35.4. The number of anilines is 1. The number of halogens is 3. The number of nitro groups is 1. The predicted octanol–water partition coefficient (Wildman–Crippen LogP) is 6.18. The second-order valence-electron chi connectivity index (χ2n) is 11.8. The van der Waals surface area contributed by atoms with Crippen molar-refractivity contribution in [2.24, 2.45) is 4.99 Å². The summed E-state index contributed by atoms with van der Waals surface area (Å²) < 4.78 is 58.9. The molecule has 20 heteroatoms. The Labute approximate surface area is 367 Å². The molecule has 1 unspecified atom stereocenters. The molecule has 0 saturated heterocycles. The van der Waals surface area contributed by atoms with Crippen LogP contribution < -0.4 is 10.3 Å². The van der Waals surface area contributed by atoms with Crippen LogP contribution in [0.1, 0.15) is 43.6 Å². The topological polar surface area (TPSA) is 238 Å². The van der Waals surface area contributed by atoms with Gasteiger partial charge in [-0.2, -0.15) is 21.6 Å². The number of aliphatic imine (C=N–C) groups is 1. The molecular formula is C42H33F3N5O10ReS-3. The van der Waals surface area contributed by atoms with Crippen molar-refractivity contribution in [2.75, 3.05) is 5.73 Å². The minimum Gasteiger partial charge on any atom is -0.545 e. The van der Waals surface area contributed by atoms with Crippen molar-refractivity contribution in [3.8, 4) is 11.1 Å². The Morgan fingerprint density at radius 1 is 0.871 bits per heavy atom. The molecule has 0 spiro atoms. The van der Waals surface area contributed by atoms with Crippen LogP contribution in [0.25, 0.3) is 16.7 Å². The average Bonchev–Trinajstić information content (AvgIpc) is 3.28. The van der Waals surface area contributed by atoms with Crippen molar-refractivity contribution in [3.05, 3.63) is 178 Å². The van der Waals surface area contributed by atoms with Crippen LogP contribution in [-0.4, -0.2) is 66.5 Å². The van der Waals surface area contributed by atoms with Crippen molar-refractivity contribution >= 4 is 65.2 Å². The number of hydrogen-bond acceptors (Lipinski definition) is 12. The molecular weight excluding hydrogens is 1010 g/mol. The van der Waals surface area contributed by atoms with E-state index < -0.39 is 37.8 Å². The fraction of sp³-hybridized carbons (Fsp3) is 0.0714. The number of allylic oxidation sites excluding steroid dienone is 2. The second kappa shape index (κ2) is 24.8. The van der Waals surface area contributed by atoms with Gasteiger partial charge in [-0.1, -0.05) is 78.9 Å². The smallest absolute Gasteiger partial charge is 0.522 e. The normalized spacial score (nSPS) is 12.9. The van der Waals surface area contributed by atoms with Crippen molar-refractivity contribution in [3.63, 3.8) is 0 Å². The molecule has 2 aromatic heterocycles. The average molecular weight is 1040 g/mol. The molecule has 7 rings (SSSR count). The number of carbonyl (C=O) groups is 2. The minimum atomic E-state index is -5.84. The molecule has 1 aliphatic carbocycles. The van der Waals surface area contributed by atoms with E-state index in [9.17, 15) is 32.9 Å². The fourth-order valence-electron chi connectivity index (χ4n) is 5.67. The molecule has 62 heavy (non-hydrogen) atoms. The third kappa shape index (κ3) is 13.7. The molecule has 0 fully saturated rings. The number of carbonyl (C=O) groups excluding carboxylic acids is 5.